The van der Waals surface area contributed by atoms with Crippen molar-refractivity contribution in [3.63, 3.8) is 0 Å². The van der Waals surface area contributed by atoms with Crippen LogP contribution >= 0.6 is 23.1 Å². The monoisotopic (exact) mass is 433 g/mol. The number of nitrogens with two attached hydrogens (primary N) is 1. The molecule has 1 aliphatic heterocycles. The van der Waals surface area contributed by atoms with Crippen LogP contribution in [-0.2, 0) is 26.3 Å². The smallest absolute Gasteiger partial charge is 0.344 e. The molecule has 0 bridgehead atoms. The van der Waals surface area contributed by atoms with Gasteiger partial charge in [-0.3, -0.25) is 19.8 Å². The molecule has 5 amide bonds. The number of thioether (sulfide) groups is 1. The molecule has 9 nitrogen and oxygen atoms in total. The molecule has 2 aromatic rings. The van der Waals surface area contributed by atoms with Crippen LogP contribution < -0.4 is 16.5 Å². The second-order valence-corrected chi connectivity index (χ2v) is 8.82. The van der Waals surface area contributed by atoms with Gasteiger partial charge in [-0.15, -0.1) is 11.3 Å². The molecule has 1 unspecified atom stereocenters. The van der Waals surface area contributed by atoms with E-state index in [1.54, 1.807) is 44.2 Å². The number of benzene rings is 1. The van der Waals surface area contributed by atoms with Crippen molar-refractivity contribution in [2.45, 2.75) is 30.1 Å². The first-order valence-electron chi connectivity index (χ1n) is 8.60. The van der Waals surface area contributed by atoms with E-state index in [4.69, 9.17) is 5.73 Å². The first kappa shape index (κ1) is 20.8. The summed E-state index contributed by atoms with van der Waals surface area (Å²) in [5.74, 6) is -1.60. The third-order valence-electron chi connectivity index (χ3n) is 4.31. The number of thiazole rings is 1. The highest BCUT2D eigenvalue weighted by atomic mass is 32.2. The Morgan fingerprint density at radius 3 is 2.66 bits per heavy atom. The number of aryl methyl sites for hydroxylation is 1. The SMILES string of the molecule is Cc1nc(SCC(=O)NN2C(=O)NC(C)(c3ccccc3)C2=O)sc1CC(N)=O. The minimum absolute atomic E-state index is 0.0535. The number of urea groups is 1. The quantitative estimate of drug-likeness (QED) is 0.442. The molecule has 1 saturated heterocycles. The first-order valence-corrected chi connectivity index (χ1v) is 10.4. The van der Waals surface area contributed by atoms with Crippen LogP contribution in [0.1, 0.15) is 23.1 Å². The summed E-state index contributed by atoms with van der Waals surface area (Å²) in [6, 6.07) is 8.09. The molecule has 4 N–H and O–H groups in total. The number of imide groups is 1. The van der Waals surface area contributed by atoms with Crippen molar-refractivity contribution in [2.24, 2.45) is 5.73 Å². The van der Waals surface area contributed by atoms with Gasteiger partial charge in [0, 0.05) is 4.88 Å². The minimum Gasteiger partial charge on any atom is -0.369 e. The van der Waals surface area contributed by atoms with Crippen LogP contribution in [0.2, 0.25) is 0 Å². The number of rotatable bonds is 7. The van der Waals surface area contributed by atoms with Crippen molar-refractivity contribution >= 4 is 46.9 Å². The molecule has 1 aromatic carbocycles. The number of hydrogen-bond acceptors (Lipinski definition) is 7. The van der Waals surface area contributed by atoms with Gasteiger partial charge in [-0.05, 0) is 19.4 Å². The van der Waals surface area contributed by atoms with Crippen LogP contribution in [0.25, 0.3) is 0 Å². The zero-order valence-electron chi connectivity index (χ0n) is 15.7. The van der Waals surface area contributed by atoms with E-state index in [-0.39, 0.29) is 12.2 Å². The Bertz CT molecular complexity index is 978. The lowest BCUT2D eigenvalue weighted by Crippen LogP contribution is -2.48. The van der Waals surface area contributed by atoms with Gasteiger partial charge in [0.25, 0.3) is 5.91 Å². The van der Waals surface area contributed by atoms with Crippen LogP contribution in [0.15, 0.2) is 34.7 Å². The summed E-state index contributed by atoms with van der Waals surface area (Å²) in [6.07, 6.45) is 0.0940. The van der Waals surface area contributed by atoms with E-state index < -0.39 is 29.3 Å². The van der Waals surface area contributed by atoms with Crippen LogP contribution in [-0.4, -0.2) is 39.5 Å². The maximum atomic E-state index is 12.8. The number of nitrogens with zero attached hydrogens (tertiary/aromatic N) is 2. The van der Waals surface area contributed by atoms with E-state index in [9.17, 15) is 19.2 Å². The largest absolute Gasteiger partial charge is 0.369 e. The summed E-state index contributed by atoms with van der Waals surface area (Å²) in [5, 5.41) is 3.31. The molecule has 0 aliphatic carbocycles. The van der Waals surface area contributed by atoms with Gasteiger partial charge in [0.15, 0.2) is 4.34 Å². The average molecular weight is 434 g/mol. The van der Waals surface area contributed by atoms with Crippen molar-refractivity contribution in [2.75, 3.05) is 5.75 Å². The lowest BCUT2D eigenvalue weighted by atomic mass is 9.92. The number of hydrazine groups is 1. The number of aromatic nitrogens is 1. The van der Waals surface area contributed by atoms with E-state index in [2.05, 4.69) is 15.7 Å². The Hall–Kier alpha value is -2.92. The van der Waals surface area contributed by atoms with E-state index >= 15 is 0 Å². The molecule has 2 heterocycles. The number of primary amides is 1. The van der Waals surface area contributed by atoms with E-state index in [0.717, 1.165) is 16.6 Å². The molecule has 0 spiro atoms. The molecule has 3 rings (SSSR count). The second kappa shape index (κ2) is 8.21. The maximum absolute atomic E-state index is 12.8. The van der Waals surface area contributed by atoms with Gasteiger partial charge in [-0.25, -0.2) is 9.78 Å². The van der Waals surface area contributed by atoms with Crippen LogP contribution in [0.5, 0.6) is 0 Å². The summed E-state index contributed by atoms with van der Waals surface area (Å²) in [6.45, 7) is 3.35. The summed E-state index contributed by atoms with van der Waals surface area (Å²) in [4.78, 5) is 53.4. The number of carbonyl (C=O) groups excluding carboxylic acids is 4. The molecule has 0 radical (unpaired) electrons. The normalized spacial score (nSPS) is 18.6. The highest BCUT2D eigenvalue weighted by molar-refractivity contribution is 8.01. The fraction of sp³-hybridized carbons (Fsp3) is 0.278. The first-order chi connectivity index (χ1) is 13.7. The van der Waals surface area contributed by atoms with Crippen molar-refractivity contribution in [1.29, 1.82) is 0 Å². The van der Waals surface area contributed by atoms with E-state index in [0.29, 0.717) is 20.6 Å². The maximum Gasteiger partial charge on any atom is 0.344 e. The highest BCUT2D eigenvalue weighted by Crippen LogP contribution is 2.29. The van der Waals surface area contributed by atoms with E-state index in [1.807, 2.05) is 0 Å². The molecule has 1 atom stereocenters. The van der Waals surface area contributed by atoms with Gasteiger partial charge in [0.05, 0.1) is 17.9 Å². The van der Waals surface area contributed by atoms with Crippen molar-refractivity contribution in [3.05, 3.63) is 46.5 Å². The Morgan fingerprint density at radius 1 is 1.31 bits per heavy atom. The number of amides is 5. The summed E-state index contributed by atoms with van der Waals surface area (Å²) in [5.41, 5.74) is 7.59. The third kappa shape index (κ3) is 4.40. The van der Waals surface area contributed by atoms with Crippen LogP contribution in [0, 0.1) is 6.92 Å². The molecule has 1 aliphatic rings. The minimum atomic E-state index is -1.26. The number of hydrogen-bond donors (Lipinski definition) is 3. The molecular weight excluding hydrogens is 414 g/mol. The van der Waals surface area contributed by atoms with Gasteiger partial charge in [0.1, 0.15) is 5.54 Å². The van der Waals surface area contributed by atoms with Gasteiger partial charge < -0.3 is 11.1 Å². The molecule has 152 valence electrons. The van der Waals surface area contributed by atoms with Gasteiger partial charge in [0.2, 0.25) is 11.8 Å². The lowest BCUT2D eigenvalue weighted by Gasteiger charge is -2.22. The van der Waals surface area contributed by atoms with E-state index in [1.165, 1.54) is 11.3 Å². The predicted octanol–water partition coefficient (Wildman–Crippen LogP) is 1.07. The summed E-state index contributed by atoms with van der Waals surface area (Å²) >= 11 is 2.43. The zero-order valence-corrected chi connectivity index (χ0v) is 17.4. The fourth-order valence-corrected chi connectivity index (χ4v) is 4.81. The third-order valence-corrected chi connectivity index (χ3v) is 6.61. The highest BCUT2D eigenvalue weighted by Gasteiger charge is 2.49. The Labute approximate surface area is 175 Å². The Balaban J connectivity index is 1.62. The second-order valence-electron chi connectivity index (χ2n) is 6.52. The Kier molecular flexibility index (Phi) is 5.89. The predicted molar refractivity (Wildman–Crippen MR) is 108 cm³/mol. The molecule has 1 fully saturated rings. The topological polar surface area (TPSA) is 134 Å². The van der Waals surface area contributed by atoms with Gasteiger partial charge >= 0.3 is 6.03 Å². The standard InChI is InChI=1S/C18H19N5O4S2/c1-10-12(8-13(19)24)29-17(20-10)28-9-14(25)22-23-15(26)18(2,21-16(23)27)11-6-4-3-5-7-11/h3-7H,8-9H2,1-2H3,(H2,19,24)(H,21,27)(H,22,25). The summed E-state index contributed by atoms with van der Waals surface area (Å²) in [7, 11) is 0. The van der Waals surface area contributed by atoms with Gasteiger partial charge in [-0.1, -0.05) is 42.1 Å². The molecule has 0 saturated carbocycles. The zero-order chi connectivity index (χ0) is 21.2. The molecular formula is C18H19N5O4S2. The van der Waals surface area contributed by atoms with Crippen molar-refractivity contribution in [3.8, 4) is 0 Å². The number of carbonyl (C=O) groups is 4. The number of nitrogens with one attached hydrogen (secondary N) is 2. The van der Waals surface area contributed by atoms with Crippen LogP contribution in [0.3, 0.4) is 0 Å². The molecule has 11 heteroatoms. The van der Waals surface area contributed by atoms with Crippen molar-refractivity contribution < 1.29 is 19.2 Å². The fourth-order valence-electron chi connectivity index (χ4n) is 2.78. The summed E-state index contributed by atoms with van der Waals surface area (Å²) < 4.78 is 0.597. The average Bonchev–Trinajstić information content (AvgIpc) is 3.12. The Morgan fingerprint density at radius 2 is 2.00 bits per heavy atom. The molecule has 1 aromatic heterocycles. The molecule has 29 heavy (non-hydrogen) atoms. The van der Waals surface area contributed by atoms with Crippen LogP contribution in [0.4, 0.5) is 4.79 Å². The lowest BCUT2D eigenvalue weighted by molar-refractivity contribution is -0.138. The van der Waals surface area contributed by atoms with Crippen molar-refractivity contribution in [1.82, 2.24) is 20.7 Å². The van der Waals surface area contributed by atoms with Gasteiger partial charge in [-0.2, -0.15) is 5.01 Å².